The van der Waals surface area contributed by atoms with Crippen molar-refractivity contribution in [2.24, 2.45) is 0 Å². The number of nitrogens with zero attached hydrogens (tertiary/aromatic N) is 1. The fourth-order valence-corrected chi connectivity index (χ4v) is 5.69. The van der Waals surface area contributed by atoms with Gasteiger partial charge >= 0.3 is 0 Å². The molecule has 3 heterocycles. The second kappa shape index (κ2) is 6.09. The van der Waals surface area contributed by atoms with E-state index >= 15 is 4.39 Å². The van der Waals surface area contributed by atoms with E-state index in [0.717, 1.165) is 20.4 Å². The van der Waals surface area contributed by atoms with Gasteiger partial charge < -0.3 is 4.74 Å². The Morgan fingerprint density at radius 1 is 1.07 bits per heavy atom. The molecule has 2 aliphatic rings. The number of ether oxygens (including phenoxy) is 1. The van der Waals surface area contributed by atoms with Gasteiger partial charge in [-0.2, -0.15) is 0 Å². The molecule has 0 amide bonds. The van der Waals surface area contributed by atoms with Gasteiger partial charge in [0.05, 0.1) is 16.1 Å². The van der Waals surface area contributed by atoms with E-state index in [1.807, 2.05) is 28.8 Å². The first-order valence-corrected chi connectivity index (χ1v) is 11.1. The van der Waals surface area contributed by atoms with Crippen molar-refractivity contribution >= 4 is 49.8 Å². The average molecular weight is 475 g/mol. The number of hydrogen-bond acceptors (Lipinski definition) is 2. The molecule has 6 rings (SSSR count). The molecule has 1 atom stereocenters. The van der Waals surface area contributed by atoms with Gasteiger partial charge in [0, 0.05) is 25.3 Å². The lowest BCUT2D eigenvalue weighted by atomic mass is 10.1. The Kier molecular flexibility index (Phi) is 3.71. The van der Waals surface area contributed by atoms with Crippen LogP contribution < -0.4 is 4.74 Å². The van der Waals surface area contributed by atoms with E-state index in [1.165, 1.54) is 17.7 Å². The van der Waals surface area contributed by atoms with Gasteiger partial charge in [0.25, 0.3) is 0 Å². The van der Waals surface area contributed by atoms with Crippen LogP contribution in [0, 0.1) is 5.82 Å². The van der Waals surface area contributed by atoms with E-state index in [0.29, 0.717) is 27.8 Å². The zero-order valence-corrected chi connectivity index (χ0v) is 17.7. The molecule has 2 aromatic heterocycles. The highest BCUT2D eigenvalue weighted by Gasteiger charge is 2.34. The summed E-state index contributed by atoms with van der Waals surface area (Å²) in [6.07, 6.45) is 2.11. The van der Waals surface area contributed by atoms with Crippen molar-refractivity contribution in [2.75, 3.05) is 0 Å². The summed E-state index contributed by atoms with van der Waals surface area (Å²) in [6, 6.07) is 15.4. The first-order valence-electron chi connectivity index (χ1n) is 9.15. The van der Waals surface area contributed by atoms with Crippen LogP contribution >= 0.6 is 38.9 Å². The first kappa shape index (κ1) is 17.1. The van der Waals surface area contributed by atoms with Crippen LogP contribution in [0.2, 0.25) is 5.02 Å². The molecule has 140 valence electrons. The van der Waals surface area contributed by atoms with E-state index in [2.05, 4.69) is 28.1 Å². The molecule has 6 heteroatoms. The maximum Gasteiger partial charge on any atom is 0.212 e. The van der Waals surface area contributed by atoms with Gasteiger partial charge in [-0.1, -0.05) is 27.5 Å². The minimum absolute atomic E-state index is 0.256. The highest BCUT2D eigenvalue weighted by Crippen LogP contribution is 2.49. The maximum absolute atomic E-state index is 15.6. The first-order chi connectivity index (χ1) is 13.6. The van der Waals surface area contributed by atoms with Gasteiger partial charge in [-0.25, -0.2) is 4.39 Å². The van der Waals surface area contributed by atoms with E-state index in [-0.39, 0.29) is 5.82 Å². The van der Waals surface area contributed by atoms with Crippen LogP contribution in [0.3, 0.4) is 0 Å². The third-order valence-electron chi connectivity index (χ3n) is 5.45. The Bertz CT molecular complexity index is 1260. The van der Waals surface area contributed by atoms with Crippen molar-refractivity contribution in [1.82, 2.24) is 4.57 Å². The van der Waals surface area contributed by atoms with Crippen molar-refractivity contribution < 1.29 is 9.13 Å². The van der Waals surface area contributed by atoms with E-state index in [9.17, 15) is 0 Å². The highest BCUT2D eigenvalue weighted by molar-refractivity contribution is 9.10. The van der Waals surface area contributed by atoms with Crippen molar-refractivity contribution in [1.29, 1.82) is 0 Å². The van der Waals surface area contributed by atoms with Crippen LogP contribution in [0.15, 0.2) is 53.0 Å². The molecule has 0 N–H and O–H groups in total. The van der Waals surface area contributed by atoms with Crippen LogP contribution in [0.25, 0.3) is 22.2 Å². The SMILES string of the molecule is Fc1c2n(c3ccc(Cl)cc13)C(c1ccc(C3CC3)s1)Oc1cc(Br)ccc1-2. The molecule has 1 aliphatic carbocycles. The number of rotatable bonds is 2. The van der Waals surface area contributed by atoms with Crippen LogP contribution in [0.1, 0.15) is 34.7 Å². The molecular formula is C22H14BrClFNOS. The van der Waals surface area contributed by atoms with Crippen molar-refractivity contribution in [3.8, 4) is 17.0 Å². The predicted octanol–water partition coefficient (Wildman–Crippen LogP) is 7.74. The Balaban J connectivity index is 1.64. The number of thiophene rings is 1. The third-order valence-corrected chi connectivity index (χ3v) is 7.45. The Labute approximate surface area is 178 Å². The largest absolute Gasteiger partial charge is 0.464 e. The Morgan fingerprint density at radius 2 is 1.89 bits per heavy atom. The molecule has 1 aliphatic heterocycles. The molecule has 28 heavy (non-hydrogen) atoms. The standard InChI is InChI=1S/C22H14BrClFNOS/c23-12-3-5-14-17(9-12)27-22(19-8-7-18(28-19)11-1-2-11)26-16-6-4-13(24)10-15(16)20(25)21(14)26/h3-11,22H,1-2H2. The Morgan fingerprint density at radius 3 is 2.71 bits per heavy atom. The molecule has 0 radical (unpaired) electrons. The van der Waals surface area contributed by atoms with E-state index in [4.69, 9.17) is 16.3 Å². The fourth-order valence-electron chi connectivity index (χ4n) is 3.98. The summed E-state index contributed by atoms with van der Waals surface area (Å²) in [5.74, 6) is 1.11. The molecule has 2 aromatic carbocycles. The lowest BCUT2D eigenvalue weighted by molar-refractivity contribution is 0.176. The summed E-state index contributed by atoms with van der Waals surface area (Å²) < 4.78 is 24.9. The number of aromatic nitrogens is 1. The zero-order valence-electron chi connectivity index (χ0n) is 14.6. The summed E-state index contributed by atoms with van der Waals surface area (Å²) in [7, 11) is 0. The molecule has 0 spiro atoms. The van der Waals surface area contributed by atoms with Gasteiger partial charge in [0.2, 0.25) is 6.23 Å². The van der Waals surface area contributed by atoms with E-state index in [1.54, 1.807) is 23.5 Å². The van der Waals surface area contributed by atoms with Crippen LogP contribution in [-0.2, 0) is 0 Å². The monoisotopic (exact) mass is 473 g/mol. The number of fused-ring (bicyclic) bond motifs is 5. The van der Waals surface area contributed by atoms with Gasteiger partial charge in [-0.15, -0.1) is 11.3 Å². The van der Waals surface area contributed by atoms with E-state index < -0.39 is 6.23 Å². The van der Waals surface area contributed by atoms with Crippen molar-refractivity contribution in [2.45, 2.75) is 25.0 Å². The molecule has 4 aromatic rings. The molecule has 0 saturated heterocycles. The molecular weight excluding hydrogens is 461 g/mol. The van der Waals surface area contributed by atoms with Crippen molar-refractivity contribution in [3.05, 3.63) is 73.6 Å². The number of halogens is 3. The minimum atomic E-state index is -0.400. The molecule has 1 saturated carbocycles. The molecule has 0 bridgehead atoms. The summed E-state index contributed by atoms with van der Waals surface area (Å²) in [4.78, 5) is 2.47. The van der Waals surface area contributed by atoms with Gasteiger partial charge in [0.15, 0.2) is 5.82 Å². The summed E-state index contributed by atoms with van der Waals surface area (Å²) in [6.45, 7) is 0. The Hall–Kier alpha value is -1.82. The molecule has 1 fully saturated rings. The summed E-state index contributed by atoms with van der Waals surface area (Å²) in [5.41, 5.74) is 2.09. The fraction of sp³-hybridized carbons (Fsp3) is 0.182. The van der Waals surface area contributed by atoms with Crippen LogP contribution in [-0.4, -0.2) is 4.57 Å². The maximum atomic E-state index is 15.6. The normalized spacial score (nSPS) is 18.0. The van der Waals surface area contributed by atoms with Crippen molar-refractivity contribution in [3.63, 3.8) is 0 Å². The summed E-state index contributed by atoms with van der Waals surface area (Å²) >= 11 is 11.4. The van der Waals surface area contributed by atoms with Gasteiger partial charge in [-0.3, -0.25) is 4.57 Å². The molecule has 1 unspecified atom stereocenters. The smallest absolute Gasteiger partial charge is 0.212 e. The van der Waals surface area contributed by atoms with Gasteiger partial charge in [0.1, 0.15) is 5.75 Å². The third kappa shape index (κ3) is 2.49. The zero-order chi connectivity index (χ0) is 19.0. The lowest BCUT2D eigenvalue weighted by Gasteiger charge is -2.29. The van der Waals surface area contributed by atoms with Crippen LogP contribution in [0.5, 0.6) is 5.75 Å². The van der Waals surface area contributed by atoms with Crippen LogP contribution in [0.4, 0.5) is 4.39 Å². The summed E-state index contributed by atoms with van der Waals surface area (Å²) in [5, 5.41) is 1.04. The minimum Gasteiger partial charge on any atom is -0.464 e. The lowest BCUT2D eigenvalue weighted by Crippen LogP contribution is -2.21. The highest BCUT2D eigenvalue weighted by atomic mass is 79.9. The predicted molar refractivity (Wildman–Crippen MR) is 115 cm³/mol. The quantitative estimate of drug-likeness (QED) is 0.290. The molecule has 2 nitrogen and oxygen atoms in total. The number of hydrogen-bond donors (Lipinski definition) is 0. The number of benzene rings is 2. The second-order valence-corrected chi connectivity index (χ2v) is 9.82. The second-order valence-electron chi connectivity index (χ2n) is 7.32. The average Bonchev–Trinajstić information content (AvgIpc) is 3.35. The topological polar surface area (TPSA) is 14.2 Å². The van der Waals surface area contributed by atoms with Gasteiger partial charge in [-0.05, 0) is 67.3 Å².